The number of carbonyl (C=O) groups is 1. The largest absolute Gasteiger partial charge is 0.350 e. The zero-order valence-corrected chi connectivity index (χ0v) is 14.8. The molecule has 0 fully saturated rings. The van der Waals surface area contributed by atoms with Crippen LogP contribution in [-0.4, -0.2) is 44.1 Å². The highest BCUT2D eigenvalue weighted by atomic mass is 32.2. The fraction of sp³-hybridized carbons (Fsp3) is 0.438. The van der Waals surface area contributed by atoms with Crippen molar-refractivity contribution in [3.8, 4) is 0 Å². The Balaban J connectivity index is 2.36. The maximum absolute atomic E-state index is 12.2. The van der Waals surface area contributed by atoms with Crippen LogP contribution in [0.1, 0.15) is 35.8 Å². The molecule has 0 bridgehead atoms. The Morgan fingerprint density at radius 2 is 2.00 bits per heavy atom. The van der Waals surface area contributed by atoms with Crippen molar-refractivity contribution in [2.75, 3.05) is 24.6 Å². The minimum Gasteiger partial charge on any atom is -0.350 e. The summed E-state index contributed by atoms with van der Waals surface area (Å²) in [6.45, 7) is 3.80. The molecule has 2 rings (SSSR count). The lowest BCUT2D eigenvalue weighted by Gasteiger charge is -2.09. The van der Waals surface area contributed by atoms with Crippen LogP contribution < -0.4 is 4.72 Å². The average molecular weight is 337 g/mol. The van der Waals surface area contributed by atoms with Crippen LogP contribution in [0.2, 0.25) is 0 Å². The maximum atomic E-state index is 12.2. The lowest BCUT2D eigenvalue weighted by atomic mass is 10.1. The molecule has 1 aromatic carbocycles. The summed E-state index contributed by atoms with van der Waals surface area (Å²) in [6, 6.07) is 5.25. The minimum atomic E-state index is -3.34. The average Bonchev–Trinajstić information content (AvgIpc) is 2.81. The van der Waals surface area contributed by atoms with Crippen molar-refractivity contribution in [3.63, 3.8) is 0 Å². The summed E-state index contributed by atoms with van der Waals surface area (Å²) in [5, 5.41) is 0.839. The van der Waals surface area contributed by atoms with E-state index in [1.165, 1.54) is 4.90 Å². The second kappa shape index (κ2) is 6.62. The number of nitrogens with one attached hydrogen (secondary N) is 2. The molecule has 1 heterocycles. The molecule has 0 radical (unpaired) electrons. The number of aromatic amines is 1. The molecule has 7 heteroatoms. The number of H-pyrrole nitrogens is 1. The van der Waals surface area contributed by atoms with E-state index < -0.39 is 10.0 Å². The van der Waals surface area contributed by atoms with Gasteiger partial charge in [0.25, 0.3) is 5.91 Å². The number of rotatable bonds is 6. The van der Waals surface area contributed by atoms with Crippen LogP contribution in [0, 0.1) is 6.92 Å². The van der Waals surface area contributed by atoms with Gasteiger partial charge in [-0.3, -0.25) is 9.52 Å². The fourth-order valence-electron chi connectivity index (χ4n) is 2.39. The molecule has 23 heavy (non-hydrogen) atoms. The van der Waals surface area contributed by atoms with E-state index in [2.05, 4.69) is 9.71 Å². The molecule has 0 atom stereocenters. The lowest BCUT2D eigenvalue weighted by Crippen LogP contribution is -2.22. The summed E-state index contributed by atoms with van der Waals surface area (Å²) in [5.41, 5.74) is 2.66. The van der Waals surface area contributed by atoms with Crippen molar-refractivity contribution in [2.45, 2.75) is 26.7 Å². The van der Waals surface area contributed by atoms with E-state index in [0.29, 0.717) is 17.8 Å². The lowest BCUT2D eigenvalue weighted by molar-refractivity contribution is 0.0822. The summed E-state index contributed by atoms with van der Waals surface area (Å²) in [6.07, 6.45) is 1.45. The summed E-state index contributed by atoms with van der Waals surface area (Å²) >= 11 is 0. The number of aryl methyl sites for hydroxylation is 1. The molecule has 0 aliphatic rings. The Morgan fingerprint density at radius 1 is 1.30 bits per heavy atom. The van der Waals surface area contributed by atoms with Gasteiger partial charge in [-0.2, -0.15) is 0 Å². The first kappa shape index (κ1) is 17.3. The monoisotopic (exact) mass is 337 g/mol. The predicted molar refractivity (Wildman–Crippen MR) is 93.4 cm³/mol. The summed E-state index contributed by atoms with van der Waals surface area (Å²) in [5.74, 6) is 0.00153. The second-order valence-electron chi connectivity index (χ2n) is 5.86. The van der Waals surface area contributed by atoms with Crippen molar-refractivity contribution in [2.24, 2.45) is 0 Å². The molecule has 2 N–H and O–H groups in total. The molecule has 0 aliphatic heterocycles. The molecule has 0 spiro atoms. The smallest absolute Gasteiger partial charge is 0.270 e. The number of aromatic nitrogens is 1. The number of amides is 1. The van der Waals surface area contributed by atoms with Crippen LogP contribution in [0.5, 0.6) is 0 Å². The third-order valence-corrected chi connectivity index (χ3v) is 5.09. The Hall–Kier alpha value is -2.02. The van der Waals surface area contributed by atoms with Gasteiger partial charge in [-0.25, -0.2) is 8.42 Å². The van der Waals surface area contributed by atoms with Gasteiger partial charge in [0.2, 0.25) is 10.0 Å². The van der Waals surface area contributed by atoms with Gasteiger partial charge in [-0.15, -0.1) is 0 Å². The fourth-order valence-corrected chi connectivity index (χ4v) is 3.65. The van der Waals surface area contributed by atoms with E-state index in [1.807, 2.05) is 13.8 Å². The molecule has 2 aromatic rings. The Kier molecular flexibility index (Phi) is 4.99. The van der Waals surface area contributed by atoms with Crippen molar-refractivity contribution in [3.05, 3.63) is 29.5 Å². The Bertz CT molecular complexity index is 822. The zero-order valence-electron chi connectivity index (χ0n) is 13.9. The molecule has 0 aliphatic carbocycles. The van der Waals surface area contributed by atoms with Crippen LogP contribution in [0.25, 0.3) is 10.9 Å². The van der Waals surface area contributed by atoms with Crippen LogP contribution in [0.4, 0.5) is 5.69 Å². The third kappa shape index (κ3) is 3.85. The molecule has 1 amide bonds. The number of unbranched alkanes of at least 4 members (excludes halogenated alkanes) is 1. The maximum Gasteiger partial charge on any atom is 0.270 e. The zero-order chi connectivity index (χ0) is 17.2. The van der Waals surface area contributed by atoms with Crippen molar-refractivity contribution < 1.29 is 13.2 Å². The normalized spacial score (nSPS) is 11.7. The second-order valence-corrected chi connectivity index (χ2v) is 7.70. The SMILES string of the molecule is CCCCS(=O)(=O)Nc1ccc2[nH]c(C(=O)N(C)C)c(C)c2c1. The Morgan fingerprint density at radius 3 is 2.61 bits per heavy atom. The highest BCUT2D eigenvalue weighted by Gasteiger charge is 2.17. The van der Waals surface area contributed by atoms with Gasteiger partial charge < -0.3 is 9.88 Å². The first-order valence-electron chi connectivity index (χ1n) is 7.59. The quantitative estimate of drug-likeness (QED) is 0.850. The highest BCUT2D eigenvalue weighted by Crippen LogP contribution is 2.26. The van der Waals surface area contributed by atoms with Crippen LogP contribution in [-0.2, 0) is 10.0 Å². The van der Waals surface area contributed by atoms with Crippen molar-refractivity contribution in [1.82, 2.24) is 9.88 Å². The molecular formula is C16H23N3O3S. The van der Waals surface area contributed by atoms with Crippen molar-refractivity contribution in [1.29, 1.82) is 0 Å². The molecular weight excluding hydrogens is 314 g/mol. The standard InChI is InChI=1S/C16H23N3O3S/c1-5-6-9-23(21,22)18-12-7-8-14-13(10-12)11(2)15(17-14)16(20)19(3)4/h7-8,10,17-18H,5-6,9H2,1-4H3. The van der Waals surface area contributed by atoms with Gasteiger partial charge in [-0.05, 0) is 37.1 Å². The van der Waals surface area contributed by atoms with E-state index in [4.69, 9.17) is 0 Å². The van der Waals surface area contributed by atoms with E-state index in [9.17, 15) is 13.2 Å². The molecule has 0 unspecified atom stereocenters. The number of carbonyl (C=O) groups excluding carboxylic acids is 1. The van der Waals surface area contributed by atoms with Gasteiger partial charge in [0.05, 0.1) is 5.75 Å². The molecule has 126 valence electrons. The summed E-state index contributed by atoms with van der Waals surface area (Å²) in [4.78, 5) is 16.8. The number of fused-ring (bicyclic) bond motifs is 1. The van der Waals surface area contributed by atoms with Gasteiger partial charge in [0.15, 0.2) is 0 Å². The number of sulfonamides is 1. The highest BCUT2D eigenvalue weighted by molar-refractivity contribution is 7.92. The third-order valence-electron chi connectivity index (χ3n) is 3.72. The predicted octanol–water partition coefficient (Wildman–Crippen LogP) is 2.72. The molecule has 0 saturated carbocycles. The summed E-state index contributed by atoms with van der Waals surface area (Å²) in [7, 11) is 0.0534. The molecule has 1 aromatic heterocycles. The van der Waals surface area contributed by atoms with Gasteiger partial charge in [0, 0.05) is 30.7 Å². The number of hydrogen-bond acceptors (Lipinski definition) is 3. The molecule has 0 saturated heterocycles. The van der Waals surface area contributed by atoms with Crippen LogP contribution >= 0.6 is 0 Å². The number of benzene rings is 1. The van der Waals surface area contributed by atoms with E-state index >= 15 is 0 Å². The van der Waals surface area contributed by atoms with Crippen molar-refractivity contribution >= 4 is 32.5 Å². The van der Waals surface area contributed by atoms with Crippen LogP contribution in [0.3, 0.4) is 0 Å². The van der Waals surface area contributed by atoms with Gasteiger partial charge >= 0.3 is 0 Å². The van der Waals surface area contributed by atoms with E-state index in [1.54, 1.807) is 32.3 Å². The number of hydrogen-bond donors (Lipinski definition) is 2. The number of anilines is 1. The first-order valence-corrected chi connectivity index (χ1v) is 9.25. The van der Waals surface area contributed by atoms with Gasteiger partial charge in [0.1, 0.15) is 5.69 Å². The first-order chi connectivity index (χ1) is 10.7. The summed E-state index contributed by atoms with van der Waals surface area (Å²) < 4.78 is 26.6. The Labute approximate surface area is 136 Å². The van der Waals surface area contributed by atoms with E-state index in [0.717, 1.165) is 22.9 Å². The minimum absolute atomic E-state index is 0.108. The van der Waals surface area contributed by atoms with E-state index in [-0.39, 0.29) is 11.7 Å². The van der Waals surface area contributed by atoms with Crippen LogP contribution in [0.15, 0.2) is 18.2 Å². The molecule has 6 nitrogen and oxygen atoms in total. The topological polar surface area (TPSA) is 82.3 Å². The van der Waals surface area contributed by atoms with Gasteiger partial charge in [-0.1, -0.05) is 13.3 Å². The number of nitrogens with zero attached hydrogens (tertiary/aromatic N) is 1.